The van der Waals surface area contributed by atoms with Crippen LogP contribution in [0.4, 0.5) is 0 Å². The highest BCUT2D eigenvalue weighted by atomic mass is 16.7. The molecule has 0 amide bonds. The minimum atomic E-state index is -1.90. The van der Waals surface area contributed by atoms with E-state index in [1.165, 1.54) is 0 Å². The Labute approximate surface area is 251 Å². The zero-order chi connectivity index (χ0) is 33.3. The van der Waals surface area contributed by atoms with Crippen molar-refractivity contribution in [1.82, 2.24) is 0 Å². The second-order valence-electron chi connectivity index (χ2n) is 9.69. The summed E-state index contributed by atoms with van der Waals surface area (Å²) in [5, 5.41) is 10.6. The fourth-order valence-electron chi connectivity index (χ4n) is 4.52. The monoisotopic (exact) mass is 636 g/mol. The van der Waals surface area contributed by atoms with Gasteiger partial charge in [-0.3, -0.25) is 33.6 Å². The van der Waals surface area contributed by atoms with Crippen molar-refractivity contribution < 1.29 is 86.0 Å². The number of carbonyl (C=O) groups excluding carboxylic acids is 7. The lowest BCUT2D eigenvalue weighted by Gasteiger charge is -2.45. The Morgan fingerprint density at radius 2 is 0.841 bits per heavy atom. The molecular weight excluding hydrogens is 600 g/mol. The summed E-state index contributed by atoms with van der Waals surface area (Å²) < 4.78 is 53.7. The second kappa shape index (κ2) is 16.3. The Balaban J connectivity index is 2.48. The van der Waals surface area contributed by atoms with Gasteiger partial charge in [-0.15, -0.1) is 0 Å². The van der Waals surface area contributed by atoms with Crippen LogP contribution in [0.15, 0.2) is 0 Å². The van der Waals surface area contributed by atoms with E-state index in [4.69, 9.17) is 47.4 Å². The average Bonchev–Trinajstić information content (AvgIpc) is 2.87. The second-order valence-corrected chi connectivity index (χ2v) is 9.69. The predicted octanol–water partition coefficient (Wildman–Crippen LogP) is -1.40. The van der Waals surface area contributed by atoms with Gasteiger partial charge in [0.25, 0.3) is 0 Å². The van der Waals surface area contributed by atoms with Crippen LogP contribution in [0.5, 0.6) is 0 Å². The smallest absolute Gasteiger partial charge is 0.303 e. The molecular formula is C26H36O18. The molecule has 0 saturated carbocycles. The first-order chi connectivity index (χ1) is 20.5. The lowest BCUT2D eigenvalue weighted by molar-refractivity contribution is -0.330. The number of carbonyl (C=O) groups is 7. The summed E-state index contributed by atoms with van der Waals surface area (Å²) in [6.07, 6.45) is -15.6. The van der Waals surface area contributed by atoms with Gasteiger partial charge in [0.1, 0.15) is 18.8 Å². The zero-order valence-electron chi connectivity index (χ0n) is 25.1. The third kappa shape index (κ3) is 10.7. The summed E-state index contributed by atoms with van der Waals surface area (Å²) in [5.41, 5.74) is 0. The van der Waals surface area contributed by atoms with Gasteiger partial charge in [-0.05, 0) is 0 Å². The van der Waals surface area contributed by atoms with E-state index in [1.807, 2.05) is 0 Å². The van der Waals surface area contributed by atoms with E-state index in [-0.39, 0.29) is 0 Å². The molecule has 0 aromatic rings. The van der Waals surface area contributed by atoms with E-state index in [0.717, 1.165) is 48.5 Å². The summed E-state index contributed by atoms with van der Waals surface area (Å²) in [5.74, 6) is -5.94. The van der Waals surface area contributed by atoms with E-state index in [2.05, 4.69) is 0 Å². The van der Waals surface area contributed by atoms with Crippen molar-refractivity contribution in [3.63, 3.8) is 0 Å². The molecule has 0 aromatic heterocycles. The Morgan fingerprint density at radius 3 is 1.27 bits per heavy atom. The predicted molar refractivity (Wildman–Crippen MR) is 135 cm³/mol. The number of aliphatic hydroxyl groups is 1. The molecule has 0 unspecified atom stereocenters. The average molecular weight is 637 g/mol. The van der Waals surface area contributed by atoms with Gasteiger partial charge in [-0.1, -0.05) is 0 Å². The van der Waals surface area contributed by atoms with Crippen molar-refractivity contribution in [2.24, 2.45) is 0 Å². The fourth-order valence-corrected chi connectivity index (χ4v) is 4.52. The standard InChI is InChI=1S/C26H36O18/c1-10(27)35-8-18-20(38-12(3)29)22(40-14(5)31)24(42-16(7)33)26(44-18)36-9-17-19(37-11(2)28)21(39-13(4)30)23(25(34)43-17)41-15(6)32/h17-26,34H,8-9H2,1-7H3/t17-,18-,19-,20-,21+,22+,23-,24-,25+,26-/m1/s1. The normalized spacial score (nSPS) is 31.5. The van der Waals surface area contributed by atoms with Crippen LogP contribution < -0.4 is 0 Å². The molecule has 248 valence electrons. The molecule has 0 radical (unpaired) electrons. The Hall–Kier alpha value is -3.87. The molecule has 2 rings (SSSR count). The maximum atomic E-state index is 12.1. The highest BCUT2D eigenvalue weighted by molar-refractivity contribution is 5.69. The molecule has 18 heteroatoms. The summed E-state index contributed by atoms with van der Waals surface area (Å²) in [6.45, 7) is 6.15. The van der Waals surface area contributed by atoms with Crippen molar-refractivity contribution in [2.45, 2.75) is 110 Å². The number of hydrogen-bond acceptors (Lipinski definition) is 18. The van der Waals surface area contributed by atoms with Crippen LogP contribution in [-0.4, -0.2) is 122 Å². The third-order valence-corrected chi connectivity index (χ3v) is 5.89. The van der Waals surface area contributed by atoms with Crippen LogP contribution >= 0.6 is 0 Å². The van der Waals surface area contributed by atoms with Crippen molar-refractivity contribution in [2.75, 3.05) is 13.2 Å². The number of rotatable bonds is 11. The van der Waals surface area contributed by atoms with Crippen LogP contribution in [0.1, 0.15) is 48.5 Å². The molecule has 2 saturated heterocycles. The Bertz CT molecular complexity index is 1090. The Kier molecular flexibility index (Phi) is 13.4. The van der Waals surface area contributed by atoms with Gasteiger partial charge < -0.3 is 52.5 Å². The van der Waals surface area contributed by atoms with Gasteiger partial charge in [0, 0.05) is 48.5 Å². The molecule has 0 aliphatic carbocycles. The molecule has 0 spiro atoms. The fraction of sp³-hybridized carbons (Fsp3) is 0.731. The summed E-state index contributed by atoms with van der Waals surface area (Å²) in [4.78, 5) is 83.0. The van der Waals surface area contributed by atoms with Gasteiger partial charge in [-0.2, -0.15) is 0 Å². The van der Waals surface area contributed by atoms with Crippen molar-refractivity contribution in [3.05, 3.63) is 0 Å². The molecule has 2 fully saturated rings. The molecule has 18 nitrogen and oxygen atoms in total. The first kappa shape index (κ1) is 36.3. The minimum absolute atomic E-state index is 0.523. The lowest BCUT2D eigenvalue weighted by atomic mass is 9.97. The van der Waals surface area contributed by atoms with E-state index in [1.54, 1.807) is 0 Å². The summed E-state index contributed by atoms with van der Waals surface area (Å²) in [7, 11) is 0. The zero-order valence-corrected chi connectivity index (χ0v) is 25.1. The van der Waals surface area contributed by atoms with Gasteiger partial charge in [-0.25, -0.2) is 0 Å². The number of ether oxygens (including phenoxy) is 10. The molecule has 1 N–H and O–H groups in total. The molecule has 2 aliphatic rings. The first-order valence-electron chi connectivity index (χ1n) is 13.3. The van der Waals surface area contributed by atoms with Gasteiger partial charge in [0.05, 0.1) is 6.61 Å². The van der Waals surface area contributed by atoms with Crippen LogP contribution in [0.3, 0.4) is 0 Å². The van der Waals surface area contributed by atoms with Crippen LogP contribution in [-0.2, 0) is 80.9 Å². The maximum Gasteiger partial charge on any atom is 0.303 e. The summed E-state index contributed by atoms with van der Waals surface area (Å²) >= 11 is 0. The Morgan fingerprint density at radius 1 is 0.477 bits per heavy atom. The number of hydrogen-bond donors (Lipinski definition) is 1. The van der Waals surface area contributed by atoms with Crippen molar-refractivity contribution >= 4 is 41.8 Å². The van der Waals surface area contributed by atoms with Gasteiger partial charge in [0.2, 0.25) is 0 Å². The van der Waals surface area contributed by atoms with Crippen molar-refractivity contribution in [1.29, 1.82) is 0 Å². The third-order valence-electron chi connectivity index (χ3n) is 5.89. The van der Waals surface area contributed by atoms with Gasteiger partial charge in [0.15, 0.2) is 49.2 Å². The highest BCUT2D eigenvalue weighted by Crippen LogP contribution is 2.32. The molecule has 10 atom stereocenters. The number of aliphatic hydroxyl groups excluding tert-OH is 1. The van der Waals surface area contributed by atoms with Crippen molar-refractivity contribution in [3.8, 4) is 0 Å². The lowest BCUT2D eigenvalue weighted by Crippen LogP contribution is -2.64. The highest BCUT2D eigenvalue weighted by Gasteiger charge is 2.55. The van der Waals surface area contributed by atoms with Crippen LogP contribution in [0, 0.1) is 0 Å². The first-order valence-corrected chi connectivity index (χ1v) is 13.3. The quantitative estimate of drug-likeness (QED) is 0.203. The SMILES string of the molecule is CC(=O)OC[C@H]1O[C@@H](OC[C@H]2O[C@H](O)[C@H](OC(C)=O)[C@@H](OC(C)=O)[C@@H]2OC(C)=O)[C@H](OC(C)=O)[C@@H](OC(C)=O)[C@@H]1OC(C)=O. The summed E-state index contributed by atoms with van der Waals surface area (Å²) in [6, 6.07) is 0. The molecule has 44 heavy (non-hydrogen) atoms. The minimum Gasteiger partial charge on any atom is -0.463 e. The maximum absolute atomic E-state index is 12.1. The van der Waals surface area contributed by atoms with E-state index >= 15 is 0 Å². The van der Waals surface area contributed by atoms with Gasteiger partial charge >= 0.3 is 41.8 Å². The van der Waals surface area contributed by atoms with Crippen LogP contribution in [0.25, 0.3) is 0 Å². The largest absolute Gasteiger partial charge is 0.463 e. The molecule has 0 aromatic carbocycles. The number of esters is 7. The molecule has 0 bridgehead atoms. The van der Waals surface area contributed by atoms with E-state index in [0.29, 0.717) is 0 Å². The topological polar surface area (TPSA) is 232 Å². The molecule has 2 heterocycles. The van der Waals surface area contributed by atoms with Crippen LogP contribution in [0.2, 0.25) is 0 Å². The molecule has 2 aliphatic heterocycles. The van der Waals surface area contributed by atoms with E-state index in [9.17, 15) is 38.7 Å². The van der Waals surface area contributed by atoms with E-state index < -0.39 is 116 Å².